The van der Waals surface area contributed by atoms with Crippen molar-refractivity contribution in [2.24, 2.45) is 0 Å². The van der Waals surface area contributed by atoms with Gasteiger partial charge in [0.1, 0.15) is 0 Å². The van der Waals surface area contributed by atoms with E-state index in [1.807, 2.05) is 0 Å². The maximum Gasteiger partial charge on any atom is 0.402 e. The van der Waals surface area contributed by atoms with Crippen molar-refractivity contribution in [1.29, 1.82) is 0 Å². The Morgan fingerprint density at radius 1 is 1.44 bits per heavy atom. The van der Waals surface area contributed by atoms with Crippen molar-refractivity contribution in [1.82, 2.24) is 0 Å². The fourth-order valence-corrected chi connectivity index (χ4v) is 0.840. The fourth-order valence-electron chi connectivity index (χ4n) is 0.632. The van der Waals surface area contributed by atoms with Crippen molar-refractivity contribution in [3.05, 3.63) is 0 Å². The molecule has 1 N–H and O–H groups in total. The van der Waals surface area contributed by atoms with E-state index in [-0.39, 0.29) is 36.0 Å². The van der Waals surface area contributed by atoms with Crippen molar-refractivity contribution in [3.8, 4) is 0 Å². The summed E-state index contributed by atoms with van der Waals surface area (Å²) in [5.74, 6) is -0.917. The number of hydrogen-bond donors (Lipinski definition) is 1. The minimum atomic E-state index is -5.53. The predicted octanol–water partition coefficient (Wildman–Crippen LogP) is 0.820. The first-order valence-electron chi connectivity index (χ1n) is 4.21. The molecule has 0 aliphatic carbocycles. The number of rotatable bonds is 6. The van der Waals surface area contributed by atoms with E-state index in [0.29, 0.717) is 12.8 Å². The van der Waals surface area contributed by atoms with Gasteiger partial charge in [-0.3, -0.25) is 9.35 Å². The number of ether oxygens (including phenoxy) is 1. The van der Waals surface area contributed by atoms with E-state index < -0.39 is 27.9 Å². The Kier molecular flexibility index (Phi) is 8.77. The SMILES string of the molecule is CCCCC(=O)OCC(F)(F)S(=O)(=O)O.[Na]. The first-order chi connectivity index (χ1) is 6.70. The molecule has 0 saturated carbocycles. The zero-order chi connectivity index (χ0) is 12.1. The molecule has 1 radical (unpaired) electrons. The molecule has 0 spiro atoms. The number of carbonyl (C=O) groups excluding carboxylic acids is 1. The Hall–Kier alpha value is 0.240. The van der Waals surface area contributed by atoms with Gasteiger partial charge < -0.3 is 4.74 Å². The molecule has 91 valence electrons. The van der Waals surface area contributed by atoms with E-state index in [2.05, 4.69) is 4.74 Å². The van der Waals surface area contributed by atoms with Crippen LogP contribution in [-0.2, 0) is 19.6 Å². The van der Waals surface area contributed by atoms with Crippen molar-refractivity contribution < 1.29 is 31.3 Å². The second-order valence-corrected chi connectivity index (χ2v) is 4.42. The van der Waals surface area contributed by atoms with E-state index in [9.17, 15) is 22.0 Å². The van der Waals surface area contributed by atoms with Crippen molar-refractivity contribution in [3.63, 3.8) is 0 Å². The molecule has 9 heteroatoms. The summed E-state index contributed by atoms with van der Waals surface area (Å²) in [4.78, 5) is 10.7. The van der Waals surface area contributed by atoms with Crippen LogP contribution in [0.4, 0.5) is 8.78 Å². The summed E-state index contributed by atoms with van der Waals surface area (Å²) in [5.41, 5.74) is 0. The maximum absolute atomic E-state index is 12.5. The van der Waals surface area contributed by atoms with Crippen LogP contribution < -0.4 is 0 Å². The van der Waals surface area contributed by atoms with Gasteiger partial charge >= 0.3 is 21.3 Å². The summed E-state index contributed by atoms with van der Waals surface area (Å²) in [6, 6.07) is 0. The van der Waals surface area contributed by atoms with Gasteiger partial charge in [0, 0.05) is 36.0 Å². The molecule has 0 aliphatic heterocycles. The normalized spacial score (nSPS) is 11.8. The van der Waals surface area contributed by atoms with Gasteiger partial charge in [-0.1, -0.05) is 13.3 Å². The molecular formula is C7H12F2NaO5S. The van der Waals surface area contributed by atoms with Gasteiger partial charge in [0.15, 0.2) is 6.61 Å². The second-order valence-electron chi connectivity index (χ2n) is 2.88. The average Bonchev–Trinajstić information content (AvgIpc) is 2.09. The van der Waals surface area contributed by atoms with Crippen LogP contribution in [0.15, 0.2) is 0 Å². The molecule has 5 nitrogen and oxygen atoms in total. The van der Waals surface area contributed by atoms with E-state index in [4.69, 9.17) is 4.55 Å². The molecule has 0 aliphatic rings. The van der Waals surface area contributed by atoms with Crippen LogP contribution in [0.3, 0.4) is 0 Å². The largest absolute Gasteiger partial charge is 0.458 e. The van der Waals surface area contributed by atoms with E-state index in [1.165, 1.54) is 0 Å². The standard InChI is InChI=1S/C7H12F2O5S.Na/c1-2-3-4-6(10)14-5-7(8,9)15(11,12)13;/h2-5H2,1H3,(H,11,12,13);. The van der Waals surface area contributed by atoms with E-state index in [1.54, 1.807) is 6.92 Å². The minimum Gasteiger partial charge on any atom is -0.458 e. The molecule has 0 aromatic carbocycles. The Balaban J connectivity index is 0. The zero-order valence-corrected chi connectivity index (χ0v) is 11.9. The summed E-state index contributed by atoms with van der Waals surface area (Å²) in [7, 11) is -5.53. The van der Waals surface area contributed by atoms with Crippen LogP contribution in [0.2, 0.25) is 0 Å². The molecule has 0 unspecified atom stereocenters. The molecule has 0 rings (SSSR count). The Morgan fingerprint density at radius 3 is 2.31 bits per heavy atom. The number of halogens is 2. The molecule has 0 fully saturated rings. The van der Waals surface area contributed by atoms with Gasteiger partial charge in [0.25, 0.3) is 0 Å². The molecule has 0 atom stereocenters. The third kappa shape index (κ3) is 6.74. The molecule has 0 aromatic heterocycles. The first-order valence-corrected chi connectivity index (χ1v) is 5.65. The Bertz CT molecular complexity index is 317. The number of carbonyl (C=O) groups is 1. The number of alkyl halides is 2. The molecule has 0 bridgehead atoms. The summed E-state index contributed by atoms with van der Waals surface area (Å²) < 4.78 is 57.3. The monoisotopic (exact) mass is 269 g/mol. The third-order valence-electron chi connectivity index (χ3n) is 1.51. The van der Waals surface area contributed by atoms with Gasteiger partial charge in [-0.15, -0.1) is 0 Å². The molecule has 0 saturated heterocycles. The summed E-state index contributed by atoms with van der Waals surface area (Å²) >= 11 is 0. The van der Waals surface area contributed by atoms with Crippen molar-refractivity contribution in [2.45, 2.75) is 31.4 Å². The molecular weight excluding hydrogens is 257 g/mol. The van der Waals surface area contributed by atoms with Crippen LogP contribution >= 0.6 is 0 Å². The second kappa shape index (κ2) is 7.54. The van der Waals surface area contributed by atoms with Gasteiger partial charge in [-0.2, -0.15) is 17.2 Å². The molecule has 0 aromatic rings. The maximum atomic E-state index is 12.5. The summed E-state index contributed by atoms with van der Waals surface area (Å²) in [5, 5.41) is -4.45. The number of esters is 1. The van der Waals surface area contributed by atoms with Gasteiger partial charge in [-0.25, -0.2) is 0 Å². The van der Waals surface area contributed by atoms with Crippen molar-refractivity contribution in [2.75, 3.05) is 6.61 Å². The zero-order valence-electron chi connectivity index (χ0n) is 9.07. The van der Waals surface area contributed by atoms with Gasteiger partial charge in [0.05, 0.1) is 0 Å². The van der Waals surface area contributed by atoms with Crippen LogP contribution in [0.5, 0.6) is 0 Å². The molecule has 0 heterocycles. The molecule has 16 heavy (non-hydrogen) atoms. The van der Waals surface area contributed by atoms with Crippen LogP contribution in [0.25, 0.3) is 0 Å². The third-order valence-corrected chi connectivity index (χ3v) is 2.39. The minimum absolute atomic E-state index is 0. The Labute approximate surface area is 115 Å². The van der Waals surface area contributed by atoms with E-state index in [0.717, 1.165) is 0 Å². The fraction of sp³-hybridized carbons (Fsp3) is 0.857. The predicted molar refractivity (Wildman–Crippen MR) is 52.7 cm³/mol. The Morgan fingerprint density at radius 2 is 1.94 bits per heavy atom. The van der Waals surface area contributed by atoms with Crippen molar-refractivity contribution >= 4 is 45.6 Å². The summed E-state index contributed by atoms with van der Waals surface area (Å²) in [6.07, 6.45) is 1.10. The smallest absolute Gasteiger partial charge is 0.402 e. The topological polar surface area (TPSA) is 80.7 Å². The summed E-state index contributed by atoms with van der Waals surface area (Å²) in [6.45, 7) is 0.133. The quantitative estimate of drug-likeness (QED) is 0.438. The first kappa shape index (κ1) is 18.6. The van der Waals surface area contributed by atoms with Crippen LogP contribution in [0, 0.1) is 0 Å². The average molecular weight is 269 g/mol. The number of hydrogen-bond acceptors (Lipinski definition) is 4. The van der Waals surface area contributed by atoms with Crippen LogP contribution in [0.1, 0.15) is 26.2 Å². The van der Waals surface area contributed by atoms with Gasteiger partial charge in [-0.05, 0) is 6.42 Å². The van der Waals surface area contributed by atoms with E-state index >= 15 is 0 Å². The number of unbranched alkanes of at least 4 members (excludes halogenated alkanes) is 1. The van der Waals surface area contributed by atoms with Gasteiger partial charge in [0.2, 0.25) is 0 Å². The molecule has 0 amide bonds. The van der Waals surface area contributed by atoms with Crippen LogP contribution in [-0.4, -0.2) is 60.4 Å².